The summed E-state index contributed by atoms with van der Waals surface area (Å²) in [5, 5.41) is 8.86. The molecular formula is C12H13NO4. The van der Waals surface area contributed by atoms with E-state index in [-0.39, 0.29) is 12.2 Å². The minimum atomic E-state index is -1.21. The second-order valence-electron chi connectivity index (χ2n) is 4.23. The number of carbonyl (C=O) groups excluding carboxylic acids is 1. The molecule has 5 nitrogen and oxygen atoms in total. The maximum atomic E-state index is 11.9. The molecule has 1 heterocycles. The van der Waals surface area contributed by atoms with Gasteiger partial charge in [-0.05, 0) is 24.6 Å². The van der Waals surface area contributed by atoms with E-state index in [9.17, 15) is 9.59 Å². The molecule has 1 aromatic rings. The lowest BCUT2D eigenvalue weighted by Crippen LogP contribution is -2.30. The van der Waals surface area contributed by atoms with Crippen LogP contribution in [-0.2, 0) is 19.9 Å². The Kier molecular flexibility index (Phi) is 2.63. The number of carboxylic acids is 1. The summed E-state index contributed by atoms with van der Waals surface area (Å²) in [5.74, 6) is -1.36. The minimum Gasteiger partial charge on any atom is -0.479 e. The van der Waals surface area contributed by atoms with Gasteiger partial charge in [0.05, 0.1) is 0 Å². The van der Waals surface area contributed by atoms with Crippen molar-refractivity contribution in [2.45, 2.75) is 25.0 Å². The topological polar surface area (TPSA) is 89.6 Å². The van der Waals surface area contributed by atoms with Gasteiger partial charge >= 0.3 is 5.97 Å². The molecule has 2 unspecified atom stereocenters. The maximum absolute atomic E-state index is 11.9. The predicted octanol–water partition coefficient (Wildman–Crippen LogP) is 0.927. The van der Waals surface area contributed by atoms with Crippen molar-refractivity contribution in [3.05, 3.63) is 29.8 Å². The zero-order valence-electron chi connectivity index (χ0n) is 9.34. The minimum absolute atomic E-state index is 0.110. The van der Waals surface area contributed by atoms with Gasteiger partial charge in [0.2, 0.25) is 0 Å². The van der Waals surface area contributed by atoms with Crippen LogP contribution < -0.4 is 5.73 Å². The summed E-state index contributed by atoms with van der Waals surface area (Å²) in [6, 6.07) is 6.74. The Morgan fingerprint density at radius 2 is 2.29 bits per heavy atom. The molecule has 1 aliphatic rings. The van der Waals surface area contributed by atoms with Gasteiger partial charge in [0, 0.05) is 12.1 Å². The molecule has 0 saturated carbocycles. The Balaban J connectivity index is 2.37. The van der Waals surface area contributed by atoms with Crippen LogP contribution in [0.4, 0.5) is 5.69 Å². The Bertz CT molecular complexity index is 485. The molecule has 0 spiro atoms. The highest BCUT2D eigenvalue weighted by atomic mass is 16.5. The van der Waals surface area contributed by atoms with E-state index < -0.39 is 17.7 Å². The summed E-state index contributed by atoms with van der Waals surface area (Å²) in [7, 11) is 0. The predicted molar refractivity (Wildman–Crippen MR) is 60.3 cm³/mol. The van der Waals surface area contributed by atoms with Crippen LogP contribution in [0.5, 0.6) is 0 Å². The van der Waals surface area contributed by atoms with Gasteiger partial charge in [-0.15, -0.1) is 0 Å². The molecule has 90 valence electrons. The van der Waals surface area contributed by atoms with Crippen LogP contribution in [0.15, 0.2) is 24.3 Å². The molecule has 0 radical (unpaired) electrons. The Morgan fingerprint density at radius 1 is 1.59 bits per heavy atom. The molecule has 5 heteroatoms. The van der Waals surface area contributed by atoms with E-state index in [0.29, 0.717) is 11.3 Å². The molecule has 2 rings (SSSR count). The lowest BCUT2D eigenvalue weighted by atomic mass is 9.91. The number of ketones is 1. The number of nitrogen functional groups attached to an aromatic ring is 1. The summed E-state index contributed by atoms with van der Waals surface area (Å²) in [6.45, 7) is 1.58. The normalized spacial score (nSPS) is 28.3. The van der Waals surface area contributed by atoms with E-state index in [1.54, 1.807) is 31.2 Å². The molecular weight excluding hydrogens is 222 g/mol. The highest BCUT2D eigenvalue weighted by Gasteiger charge is 2.48. The Labute approximate surface area is 98.2 Å². The van der Waals surface area contributed by atoms with Gasteiger partial charge in [-0.1, -0.05) is 12.1 Å². The molecule has 1 fully saturated rings. The first kappa shape index (κ1) is 11.6. The number of benzene rings is 1. The van der Waals surface area contributed by atoms with Crippen molar-refractivity contribution in [2.24, 2.45) is 0 Å². The fraction of sp³-hybridized carbons (Fsp3) is 0.333. The summed E-state index contributed by atoms with van der Waals surface area (Å²) in [4.78, 5) is 22.7. The fourth-order valence-electron chi connectivity index (χ4n) is 1.96. The number of Topliss-reactive ketones (excluding diaryl/α,β-unsaturated/α-hetero) is 1. The highest BCUT2D eigenvalue weighted by molar-refractivity contribution is 5.94. The van der Waals surface area contributed by atoms with Crippen LogP contribution in [0.1, 0.15) is 18.9 Å². The molecule has 1 saturated heterocycles. The third-order valence-electron chi connectivity index (χ3n) is 2.99. The number of ether oxygens (including phenoxy) is 1. The first-order valence-corrected chi connectivity index (χ1v) is 5.23. The first-order chi connectivity index (χ1) is 7.93. The van der Waals surface area contributed by atoms with Gasteiger partial charge in [-0.2, -0.15) is 0 Å². The number of anilines is 1. The molecule has 1 aromatic carbocycles. The van der Waals surface area contributed by atoms with Gasteiger partial charge < -0.3 is 15.6 Å². The standard InChI is InChI=1S/C12H13NO4/c1-12(7-3-2-4-8(13)5-7)10(14)6-9(17-12)11(15)16/h2-5,9H,6,13H2,1H3,(H,15,16). The molecule has 0 bridgehead atoms. The first-order valence-electron chi connectivity index (χ1n) is 5.23. The maximum Gasteiger partial charge on any atom is 0.333 e. The van der Waals surface area contributed by atoms with Crippen LogP contribution in [0.2, 0.25) is 0 Å². The van der Waals surface area contributed by atoms with Crippen LogP contribution in [0.25, 0.3) is 0 Å². The number of nitrogens with two attached hydrogens (primary N) is 1. The van der Waals surface area contributed by atoms with Crippen LogP contribution in [0, 0.1) is 0 Å². The number of rotatable bonds is 2. The van der Waals surface area contributed by atoms with Crippen LogP contribution in [-0.4, -0.2) is 23.0 Å². The second kappa shape index (κ2) is 3.85. The number of carboxylic acid groups (broad SMARTS) is 1. The van der Waals surface area contributed by atoms with Crippen molar-refractivity contribution in [1.82, 2.24) is 0 Å². The summed E-state index contributed by atoms with van der Waals surface area (Å²) < 4.78 is 5.36. The van der Waals surface area contributed by atoms with Gasteiger partial charge in [0.25, 0.3) is 0 Å². The van der Waals surface area contributed by atoms with Crippen molar-refractivity contribution in [3.8, 4) is 0 Å². The molecule has 3 N–H and O–H groups in total. The number of aliphatic carboxylic acids is 1. The van der Waals surface area contributed by atoms with Crippen molar-refractivity contribution >= 4 is 17.4 Å². The van der Waals surface area contributed by atoms with Gasteiger partial charge in [0.1, 0.15) is 5.60 Å². The lowest BCUT2D eigenvalue weighted by Gasteiger charge is -2.23. The number of hydrogen-bond acceptors (Lipinski definition) is 4. The quantitative estimate of drug-likeness (QED) is 0.744. The fourth-order valence-corrected chi connectivity index (χ4v) is 1.96. The zero-order valence-corrected chi connectivity index (χ0v) is 9.34. The van der Waals surface area contributed by atoms with Crippen molar-refractivity contribution in [1.29, 1.82) is 0 Å². The molecule has 17 heavy (non-hydrogen) atoms. The van der Waals surface area contributed by atoms with Crippen LogP contribution >= 0.6 is 0 Å². The molecule has 0 aliphatic carbocycles. The number of hydrogen-bond donors (Lipinski definition) is 2. The second-order valence-corrected chi connectivity index (χ2v) is 4.23. The van der Waals surface area contributed by atoms with E-state index in [0.717, 1.165) is 0 Å². The van der Waals surface area contributed by atoms with E-state index >= 15 is 0 Å². The molecule has 0 amide bonds. The van der Waals surface area contributed by atoms with E-state index in [1.807, 2.05) is 0 Å². The van der Waals surface area contributed by atoms with E-state index in [4.69, 9.17) is 15.6 Å². The zero-order chi connectivity index (χ0) is 12.6. The summed E-state index contributed by atoms with van der Waals surface area (Å²) >= 11 is 0. The Hall–Kier alpha value is -1.88. The average Bonchev–Trinajstić information content (AvgIpc) is 2.57. The summed E-state index contributed by atoms with van der Waals surface area (Å²) in [5.41, 5.74) is 5.53. The molecule has 1 aliphatic heterocycles. The summed E-state index contributed by atoms with van der Waals surface area (Å²) in [6.07, 6.45) is -1.19. The monoisotopic (exact) mass is 235 g/mol. The Morgan fingerprint density at radius 3 is 2.82 bits per heavy atom. The molecule has 0 aromatic heterocycles. The third-order valence-corrected chi connectivity index (χ3v) is 2.99. The van der Waals surface area contributed by atoms with E-state index in [2.05, 4.69) is 0 Å². The van der Waals surface area contributed by atoms with Crippen molar-refractivity contribution in [3.63, 3.8) is 0 Å². The lowest BCUT2D eigenvalue weighted by molar-refractivity contribution is -0.155. The van der Waals surface area contributed by atoms with Crippen molar-refractivity contribution < 1.29 is 19.4 Å². The van der Waals surface area contributed by atoms with Gasteiger partial charge in [-0.25, -0.2) is 4.79 Å². The van der Waals surface area contributed by atoms with Gasteiger partial charge in [0.15, 0.2) is 11.9 Å². The van der Waals surface area contributed by atoms with Crippen molar-refractivity contribution in [2.75, 3.05) is 5.73 Å². The third kappa shape index (κ3) is 1.89. The SMILES string of the molecule is CC1(c2cccc(N)c2)OC(C(=O)O)CC1=O. The van der Waals surface area contributed by atoms with Gasteiger partial charge in [-0.3, -0.25) is 4.79 Å². The number of carbonyl (C=O) groups is 2. The van der Waals surface area contributed by atoms with Crippen LogP contribution in [0.3, 0.4) is 0 Å². The molecule has 2 atom stereocenters. The smallest absolute Gasteiger partial charge is 0.333 e. The largest absolute Gasteiger partial charge is 0.479 e. The highest BCUT2D eigenvalue weighted by Crippen LogP contribution is 2.36. The van der Waals surface area contributed by atoms with E-state index in [1.165, 1.54) is 0 Å². The average molecular weight is 235 g/mol.